The maximum atomic E-state index is 5.81. The Balaban J connectivity index is 2.53. The molecular weight excluding hydrogens is 302 g/mol. The first kappa shape index (κ1) is 8.89. The van der Waals surface area contributed by atoms with Gasteiger partial charge >= 0.3 is 0 Å². The minimum absolute atomic E-state index is 0.702. The van der Waals surface area contributed by atoms with E-state index in [0.717, 1.165) is 9.26 Å². The van der Waals surface area contributed by atoms with Crippen molar-refractivity contribution in [1.29, 1.82) is 0 Å². The molecule has 0 aliphatic carbocycles. The van der Waals surface area contributed by atoms with Crippen LogP contribution in [0.1, 0.15) is 0 Å². The van der Waals surface area contributed by atoms with Crippen molar-refractivity contribution in [3.05, 3.63) is 33.1 Å². The van der Waals surface area contributed by atoms with Crippen LogP contribution in [-0.2, 0) is 0 Å². The fourth-order valence-corrected chi connectivity index (χ4v) is 2.01. The Bertz CT molecular complexity index is 414. The monoisotopic (exact) mass is 306 g/mol. The summed E-state index contributed by atoms with van der Waals surface area (Å²) >= 11 is 7.98. The molecule has 0 fully saturated rings. The highest BCUT2D eigenvalue weighted by molar-refractivity contribution is 14.1. The van der Waals surface area contributed by atoms with Crippen molar-refractivity contribution < 1.29 is 0 Å². The molecule has 13 heavy (non-hydrogen) atoms. The zero-order valence-electron chi connectivity index (χ0n) is 6.35. The van der Waals surface area contributed by atoms with Crippen LogP contribution in [0.15, 0.2) is 24.5 Å². The van der Waals surface area contributed by atoms with Crippen molar-refractivity contribution in [2.75, 3.05) is 0 Å². The van der Waals surface area contributed by atoms with Crippen molar-refractivity contribution in [3.63, 3.8) is 0 Å². The van der Waals surface area contributed by atoms with Crippen LogP contribution in [-0.4, -0.2) is 20.2 Å². The average molecular weight is 306 g/mol. The zero-order chi connectivity index (χ0) is 9.26. The summed E-state index contributed by atoms with van der Waals surface area (Å²) in [6, 6.07) is 5.50. The third-order valence-corrected chi connectivity index (χ3v) is 2.57. The number of rotatable bonds is 1. The second-order valence-corrected chi connectivity index (χ2v) is 3.92. The molecule has 0 aliphatic rings. The molecule has 0 aliphatic heterocycles. The molecule has 0 amide bonds. The van der Waals surface area contributed by atoms with Gasteiger partial charge in [-0.3, -0.25) is 0 Å². The van der Waals surface area contributed by atoms with Gasteiger partial charge in [0.05, 0.1) is 0 Å². The summed E-state index contributed by atoms with van der Waals surface area (Å²) in [5.74, 6) is 0. The molecular formula is C7H4ClIN4. The molecule has 1 heterocycles. The lowest BCUT2D eigenvalue weighted by Crippen LogP contribution is -2.00. The van der Waals surface area contributed by atoms with Gasteiger partial charge in [0.25, 0.3) is 0 Å². The number of tetrazole rings is 1. The molecule has 66 valence electrons. The van der Waals surface area contributed by atoms with Crippen molar-refractivity contribution in [2.24, 2.45) is 0 Å². The van der Waals surface area contributed by atoms with Crippen molar-refractivity contribution in [1.82, 2.24) is 20.2 Å². The van der Waals surface area contributed by atoms with Crippen LogP contribution < -0.4 is 0 Å². The Hall–Kier alpha value is -0.690. The molecule has 0 radical (unpaired) electrons. The molecule has 0 atom stereocenters. The topological polar surface area (TPSA) is 43.6 Å². The van der Waals surface area contributed by atoms with E-state index in [9.17, 15) is 0 Å². The second-order valence-electron chi connectivity index (χ2n) is 2.32. The number of hydrogen-bond acceptors (Lipinski definition) is 3. The van der Waals surface area contributed by atoms with E-state index in [0.29, 0.717) is 5.02 Å². The molecule has 2 aromatic rings. The minimum atomic E-state index is 0.702. The van der Waals surface area contributed by atoms with Crippen LogP contribution in [0.5, 0.6) is 0 Å². The van der Waals surface area contributed by atoms with Gasteiger partial charge < -0.3 is 0 Å². The van der Waals surface area contributed by atoms with Crippen molar-refractivity contribution in [2.45, 2.75) is 0 Å². The minimum Gasteiger partial charge on any atom is -0.135 e. The second kappa shape index (κ2) is 3.59. The number of benzene rings is 1. The fourth-order valence-electron chi connectivity index (χ4n) is 0.921. The van der Waals surface area contributed by atoms with Gasteiger partial charge in [-0.15, -0.1) is 15.0 Å². The lowest BCUT2D eigenvalue weighted by Gasteiger charge is -2.01. The summed E-state index contributed by atoms with van der Waals surface area (Å²) in [6.07, 6.45) is 1.39. The summed E-state index contributed by atoms with van der Waals surface area (Å²) in [7, 11) is 0. The van der Waals surface area contributed by atoms with Gasteiger partial charge in [-0.2, -0.15) is 0 Å². The smallest absolute Gasteiger partial charge is 0.135 e. The van der Waals surface area contributed by atoms with Gasteiger partial charge in [0.2, 0.25) is 0 Å². The summed E-state index contributed by atoms with van der Waals surface area (Å²) in [5.41, 5.74) is 0.877. The number of hydrogen-bond donors (Lipinski definition) is 0. The number of halogens is 2. The molecule has 2 rings (SSSR count). The van der Waals surface area contributed by atoms with Gasteiger partial charge in [0.1, 0.15) is 5.69 Å². The summed E-state index contributed by atoms with van der Waals surface area (Å²) in [4.78, 5) is 1.46. The Morgan fingerprint density at radius 1 is 1.38 bits per heavy atom. The average Bonchev–Trinajstić information content (AvgIpc) is 2.56. The zero-order valence-corrected chi connectivity index (χ0v) is 9.27. The van der Waals surface area contributed by atoms with E-state index in [1.807, 2.05) is 12.1 Å². The first-order chi connectivity index (χ1) is 6.27. The van der Waals surface area contributed by atoms with Crippen LogP contribution >= 0.6 is 34.2 Å². The molecule has 0 spiro atoms. The predicted molar refractivity (Wildman–Crippen MR) is 56.9 cm³/mol. The van der Waals surface area contributed by atoms with Gasteiger partial charge in [0, 0.05) is 8.59 Å². The largest absolute Gasteiger partial charge is 0.162 e. The highest BCUT2D eigenvalue weighted by Crippen LogP contribution is 2.19. The normalized spacial score (nSPS) is 10.3. The van der Waals surface area contributed by atoms with Crippen LogP contribution in [0, 0.1) is 3.57 Å². The van der Waals surface area contributed by atoms with E-state index < -0.39 is 0 Å². The van der Waals surface area contributed by atoms with Gasteiger partial charge in [-0.05, 0) is 46.0 Å². The van der Waals surface area contributed by atoms with E-state index in [1.165, 1.54) is 11.1 Å². The SMILES string of the molecule is Clc1ccc(-n2ncnn2)c(I)c1. The first-order valence-corrected chi connectivity index (χ1v) is 4.91. The first-order valence-electron chi connectivity index (χ1n) is 3.46. The third-order valence-electron chi connectivity index (χ3n) is 1.47. The lowest BCUT2D eigenvalue weighted by atomic mass is 10.3. The highest BCUT2D eigenvalue weighted by Gasteiger charge is 2.03. The molecule has 1 aromatic carbocycles. The Morgan fingerprint density at radius 2 is 2.23 bits per heavy atom. The van der Waals surface area contributed by atoms with E-state index in [2.05, 4.69) is 38.0 Å². The van der Waals surface area contributed by atoms with Crippen molar-refractivity contribution in [3.8, 4) is 5.69 Å². The Labute approximate surface area is 93.0 Å². The number of nitrogens with zero attached hydrogens (tertiary/aromatic N) is 4. The third kappa shape index (κ3) is 1.80. The summed E-state index contributed by atoms with van der Waals surface area (Å²) in [5, 5.41) is 12.0. The predicted octanol–water partition coefficient (Wildman–Crippen LogP) is 1.92. The van der Waals surface area contributed by atoms with Crippen molar-refractivity contribution >= 4 is 34.2 Å². The van der Waals surface area contributed by atoms with E-state index in [4.69, 9.17) is 11.6 Å². The van der Waals surface area contributed by atoms with Crippen LogP contribution in [0.4, 0.5) is 0 Å². The van der Waals surface area contributed by atoms with E-state index >= 15 is 0 Å². The molecule has 4 nitrogen and oxygen atoms in total. The molecule has 0 saturated heterocycles. The van der Waals surface area contributed by atoms with Crippen LogP contribution in [0.3, 0.4) is 0 Å². The standard InChI is InChI=1S/C7H4ClIN4/c8-5-1-2-7(6(9)3-5)13-11-4-10-12-13/h1-4H. The highest BCUT2D eigenvalue weighted by atomic mass is 127. The quantitative estimate of drug-likeness (QED) is 0.756. The maximum Gasteiger partial charge on any atom is 0.162 e. The van der Waals surface area contributed by atoms with Crippen LogP contribution in [0.2, 0.25) is 5.02 Å². The summed E-state index contributed by atoms with van der Waals surface area (Å²) < 4.78 is 0.989. The molecule has 1 aromatic heterocycles. The fraction of sp³-hybridized carbons (Fsp3) is 0. The summed E-state index contributed by atoms with van der Waals surface area (Å²) in [6.45, 7) is 0. The van der Waals surface area contributed by atoms with E-state index in [-0.39, 0.29) is 0 Å². The molecule has 0 saturated carbocycles. The number of aromatic nitrogens is 4. The maximum absolute atomic E-state index is 5.81. The molecule has 0 N–H and O–H groups in total. The molecule has 6 heteroatoms. The molecule has 0 unspecified atom stereocenters. The van der Waals surface area contributed by atoms with Gasteiger partial charge in [-0.25, -0.2) is 0 Å². The Morgan fingerprint density at radius 3 is 2.85 bits per heavy atom. The van der Waals surface area contributed by atoms with E-state index in [1.54, 1.807) is 6.07 Å². The van der Waals surface area contributed by atoms with Crippen LogP contribution in [0.25, 0.3) is 5.69 Å². The lowest BCUT2D eigenvalue weighted by molar-refractivity contribution is 0.717. The Kier molecular flexibility index (Phi) is 2.45. The van der Waals surface area contributed by atoms with Gasteiger partial charge in [-0.1, -0.05) is 11.6 Å². The molecule has 0 bridgehead atoms. The van der Waals surface area contributed by atoms with Gasteiger partial charge in [0.15, 0.2) is 6.33 Å².